The van der Waals surface area contributed by atoms with Gasteiger partial charge in [0.1, 0.15) is 5.76 Å². The first-order valence-electron chi connectivity index (χ1n) is 10.2. The highest BCUT2D eigenvalue weighted by Crippen LogP contribution is 2.39. The van der Waals surface area contributed by atoms with Gasteiger partial charge in [0.15, 0.2) is 5.78 Å². The van der Waals surface area contributed by atoms with Gasteiger partial charge in [-0.3, -0.25) is 4.79 Å². The number of thioether (sulfide) groups is 1. The molecular weight excluding hydrogens is 340 g/mol. The highest BCUT2D eigenvalue weighted by Gasteiger charge is 2.32. The average Bonchev–Trinajstić information content (AvgIpc) is 2.62. The number of benzene rings is 1. The molecule has 1 saturated heterocycles. The normalized spacial score (nSPS) is 22.1. The summed E-state index contributed by atoms with van der Waals surface area (Å²) < 4.78 is 0. The van der Waals surface area contributed by atoms with Crippen LogP contribution in [0.25, 0.3) is 5.57 Å². The first-order valence-corrected chi connectivity index (χ1v) is 11.3. The van der Waals surface area contributed by atoms with E-state index in [1.807, 2.05) is 11.8 Å². The Balaban J connectivity index is 1.89. The summed E-state index contributed by atoms with van der Waals surface area (Å²) >= 11 is 2.04. The van der Waals surface area contributed by atoms with E-state index in [-0.39, 0.29) is 5.78 Å². The Morgan fingerprint density at radius 3 is 2.19 bits per heavy atom. The average molecular weight is 373 g/mol. The lowest BCUT2D eigenvalue weighted by atomic mass is 9.76. The van der Waals surface area contributed by atoms with Crippen molar-refractivity contribution in [2.45, 2.75) is 65.7 Å². The standard InChI is InChI=1S/C23H32O2S/c1-4-18-10-15(3)11-19(5-2)22(18)23-20(24)13-17(14-21(23)25)12-16-6-8-26-9-7-16/h10-11,16-17,24H,4-9,12-14H2,1-3H3. The third-order valence-corrected chi connectivity index (χ3v) is 7.04. The third-order valence-electron chi connectivity index (χ3n) is 5.99. The lowest BCUT2D eigenvalue weighted by molar-refractivity contribution is -0.115. The molecule has 3 rings (SSSR count). The number of carbonyl (C=O) groups is 1. The Morgan fingerprint density at radius 2 is 1.65 bits per heavy atom. The third kappa shape index (κ3) is 4.19. The smallest absolute Gasteiger partial charge is 0.167 e. The minimum Gasteiger partial charge on any atom is -0.512 e. The van der Waals surface area contributed by atoms with Gasteiger partial charge >= 0.3 is 0 Å². The zero-order chi connectivity index (χ0) is 18.7. The van der Waals surface area contributed by atoms with Crippen LogP contribution < -0.4 is 0 Å². The Kier molecular flexibility index (Phi) is 6.50. The molecule has 1 heterocycles. The molecular formula is C23H32O2S. The maximum Gasteiger partial charge on any atom is 0.167 e. The van der Waals surface area contributed by atoms with Crippen molar-refractivity contribution >= 4 is 23.1 Å². The lowest BCUT2D eigenvalue weighted by Crippen LogP contribution is -2.23. The quantitative estimate of drug-likeness (QED) is 0.699. The number of rotatable bonds is 5. The molecule has 0 radical (unpaired) electrons. The molecule has 0 amide bonds. The molecule has 0 bridgehead atoms. The van der Waals surface area contributed by atoms with Crippen molar-refractivity contribution in [3.8, 4) is 0 Å². The van der Waals surface area contributed by atoms with Crippen LogP contribution in [0.1, 0.15) is 68.2 Å². The van der Waals surface area contributed by atoms with Gasteiger partial charge in [-0.05, 0) is 79.1 Å². The van der Waals surface area contributed by atoms with Gasteiger partial charge in [-0.15, -0.1) is 0 Å². The highest BCUT2D eigenvalue weighted by atomic mass is 32.2. The molecule has 0 saturated carbocycles. The molecule has 26 heavy (non-hydrogen) atoms. The van der Waals surface area contributed by atoms with Crippen molar-refractivity contribution in [2.24, 2.45) is 11.8 Å². The zero-order valence-electron chi connectivity index (χ0n) is 16.4. The largest absolute Gasteiger partial charge is 0.512 e. The first-order chi connectivity index (χ1) is 12.5. The molecule has 0 aromatic heterocycles. The van der Waals surface area contributed by atoms with Crippen molar-refractivity contribution in [1.82, 2.24) is 0 Å². The van der Waals surface area contributed by atoms with E-state index in [9.17, 15) is 9.90 Å². The highest BCUT2D eigenvalue weighted by molar-refractivity contribution is 7.99. The van der Waals surface area contributed by atoms with Gasteiger partial charge in [0.2, 0.25) is 0 Å². The monoisotopic (exact) mass is 372 g/mol. The van der Waals surface area contributed by atoms with Crippen LogP contribution in [0, 0.1) is 18.8 Å². The van der Waals surface area contributed by atoms with E-state index in [2.05, 4.69) is 32.9 Å². The van der Waals surface area contributed by atoms with Gasteiger partial charge in [-0.25, -0.2) is 0 Å². The number of Topliss-reactive ketones (excluding diaryl/α,β-unsaturated/α-hetero) is 1. The number of hydrogen-bond acceptors (Lipinski definition) is 3. The molecule has 2 nitrogen and oxygen atoms in total. The summed E-state index contributed by atoms with van der Waals surface area (Å²) in [5.41, 5.74) is 5.27. The van der Waals surface area contributed by atoms with Crippen molar-refractivity contribution in [3.63, 3.8) is 0 Å². The zero-order valence-corrected chi connectivity index (χ0v) is 17.3. The first kappa shape index (κ1) is 19.5. The van der Waals surface area contributed by atoms with Gasteiger partial charge in [0.25, 0.3) is 0 Å². The molecule has 1 aromatic carbocycles. The Labute approximate surface area is 162 Å². The topological polar surface area (TPSA) is 37.3 Å². The minimum absolute atomic E-state index is 0.150. The molecule has 142 valence electrons. The van der Waals surface area contributed by atoms with Crippen molar-refractivity contribution < 1.29 is 9.90 Å². The number of allylic oxidation sites excluding steroid dienone is 2. The summed E-state index contributed by atoms with van der Waals surface area (Å²) in [7, 11) is 0. The van der Waals surface area contributed by atoms with Crippen LogP contribution in [0.5, 0.6) is 0 Å². The van der Waals surface area contributed by atoms with Gasteiger partial charge in [0, 0.05) is 12.8 Å². The van der Waals surface area contributed by atoms with Crippen molar-refractivity contribution in [2.75, 3.05) is 11.5 Å². The lowest BCUT2D eigenvalue weighted by Gasteiger charge is -2.30. The van der Waals surface area contributed by atoms with Crippen LogP contribution in [0.2, 0.25) is 0 Å². The summed E-state index contributed by atoms with van der Waals surface area (Å²) in [6.07, 6.45) is 6.68. The van der Waals surface area contributed by atoms with Crippen LogP contribution in [0.3, 0.4) is 0 Å². The molecule has 1 aromatic rings. The molecule has 1 aliphatic carbocycles. The van der Waals surface area contributed by atoms with Gasteiger partial charge in [0.05, 0.1) is 5.57 Å². The fourth-order valence-electron chi connectivity index (χ4n) is 4.70. The predicted molar refractivity (Wildman–Crippen MR) is 112 cm³/mol. The van der Waals surface area contributed by atoms with Gasteiger partial charge in [-0.2, -0.15) is 11.8 Å². The van der Waals surface area contributed by atoms with Gasteiger partial charge in [-0.1, -0.05) is 31.5 Å². The van der Waals surface area contributed by atoms with Gasteiger partial charge < -0.3 is 5.11 Å². The second-order valence-corrected chi connectivity index (χ2v) is 9.20. The molecule has 1 atom stereocenters. The van der Waals surface area contributed by atoms with E-state index < -0.39 is 0 Å². The molecule has 1 aliphatic heterocycles. The SMILES string of the molecule is CCc1cc(C)cc(CC)c1C1=C(O)CC(CC2CCSCC2)CC1=O. The molecule has 1 N–H and O–H groups in total. The second kappa shape index (κ2) is 8.65. The number of aryl methyl sites for hydroxylation is 3. The van der Waals surface area contributed by atoms with E-state index in [1.54, 1.807) is 0 Å². The maximum absolute atomic E-state index is 13.1. The van der Waals surface area contributed by atoms with Crippen LogP contribution in [-0.4, -0.2) is 22.4 Å². The molecule has 3 heteroatoms. The summed E-state index contributed by atoms with van der Waals surface area (Å²) in [6.45, 7) is 6.37. The predicted octanol–water partition coefficient (Wildman–Crippen LogP) is 5.90. The number of hydrogen-bond donors (Lipinski definition) is 1. The van der Waals surface area contributed by atoms with Crippen molar-refractivity contribution in [1.29, 1.82) is 0 Å². The Morgan fingerprint density at radius 1 is 1.04 bits per heavy atom. The van der Waals surface area contributed by atoms with Crippen LogP contribution in [-0.2, 0) is 17.6 Å². The number of aliphatic hydroxyl groups is 1. The van der Waals surface area contributed by atoms with E-state index >= 15 is 0 Å². The van der Waals surface area contributed by atoms with Crippen molar-refractivity contribution in [3.05, 3.63) is 40.1 Å². The number of aliphatic hydroxyl groups excluding tert-OH is 1. The summed E-state index contributed by atoms with van der Waals surface area (Å²) in [5, 5.41) is 10.9. The fraction of sp³-hybridized carbons (Fsp3) is 0.609. The van der Waals surface area contributed by atoms with Crippen LogP contribution >= 0.6 is 11.8 Å². The summed E-state index contributed by atoms with van der Waals surface area (Å²) in [5.74, 6) is 4.05. The van der Waals surface area contributed by atoms with Crippen LogP contribution in [0.15, 0.2) is 17.9 Å². The number of carbonyl (C=O) groups excluding carboxylic acids is 1. The second-order valence-electron chi connectivity index (χ2n) is 7.98. The van der Waals surface area contributed by atoms with E-state index in [4.69, 9.17) is 0 Å². The Bertz CT molecular complexity index is 673. The Hall–Kier alpha value is -1.22. The minimum atomic E-state index is 0.150. The van der Waals surface area contributed by atoms with E-state index in [1.165, 1.54) is 41.0 Å². The van der Waals surface area contributed by atoms with E-state index in [0.717, 1.165) is 30.7 Å². The van der Waals surface area contributed by atoms with Crippen LogP contribution in [0.4, 0.5) is 0 Å². The fourth-order valence-corrected chi connectivity index (χ4v) is 5.90. The molecule has 1 unspecified atom stereocenters. The van der Waals surface area contributed by atoms with E-state index in [0.29, 0.717) is 30.1 Å². The molecule has 2 aliphatic rings. The maximum atomic E-state index is 13.1. The molecule has 1 fully saturated rings. The summed E-state index contributed by atoms with van der Waals surface area (Å²) in [6, 6.07) is 4.35. The number of ketones is 1. The molecule has 0 spiro atoms. The summed E-state index contributed by atoms with van der Waals surface area (Å²) in [4.78, 5) is 13.1.